The number of hydrogen-bond donors (Lipinski definition) is 1. The van der Waals surface area contributed by atoms with Crippen molar-refractivity contribution in [3.8, 4) is 0 Å². The molecule has 0 aromatic heterocycles. The summed E-state index contributed by atoms with van der Waals surface area (Å²) in [5.74, 6) is -1.70. The zero-order valence-corrected chi connectivity index (χ0v) is 15.3. The topological polar surface area (TPSA) is 76.1 Å². The molecule has 0 saturated carbocycles. The first-order chi connectivity index (χ1) is 12.9. The minimum absolute atomic E-state index is 0.0523. The van der Waals surface area contributed by atoms with Crippen molar-refractivity contribution in [3.05, 3.63) is 70.5 Å². The molecule has 2 aromatic carbocycles. The largest absolute Gasteiger partial charge is 0.478 e. The fraction of sp³-hybridized carbons (Fsp3) is 0.300. The van der Waals surface area contributed by atoms with Crippen LogP contribution in [0.25, 0.3) is 0 Å². The van der Waals surface area contributed by atoms with Gasteiger partial charge >= 0.3 is 5.97 Å². The molecular formula is C20H22FNO5. The number of methoxy groups -OCH3 is 1. The van der Waals surface area contributed by atoms with E-state index in [1.807, 2.05) is 0 Å². The molecular weight excluding hydrogens is 353 g/mol. The van der Waals surface area contributed by atoms with Crippen LogP contribution in [0.4, 0.5) is 4.39 Å². The molecule has 27 heavy (non-hydrogen) atoms. The van der Waals surface area contributed by atoms with Crippen molar-refractivity contribution in [2.75, 3.05) is 27.4 Å². The molecule has 7 heteroatoms. The smallest absolute Gasteiger partial charge is 0.335 e. The van der Waals surface area contributed by atoms with E-state index in [2.05, 4.69) is 0 Å². The lowest BCUT2D eigenvalue weighted by Crippen LogP contribution is -2.26. The Balaban J connectivity index is 2.03. The van der Waals surface area contributed by atoms with E-state index >= 15 is 0 Å². The number of benzene rings is 2. The van der Waals surface area contributed by atoms with E-state index in [0.29, 0.717) is 30.9 Å². The average molecular weight is 375 g/mol. The number of aromatic carboxylic acids is 1. The van der Waals surface area contributed by atoms with Crippen LogP contribution in [-0.2, 0) is 22.6 Å². The van der Waals surface area contributed by atoms with Crippen molar-refractivity contribution in [1.29, 1.82) is 0 Å². The lowest BCUT2D eigenvalue weighted by Gasteiger charge is -2.18. The number of nitrogens with zero attached hydrogens (tertiary/aromatic N) is 1. The molecule has 2 rings (SSSR count). The molecule has 0 unspecified atom stereocenters. The molecule has 0 saturated heterocycles. The van der Waals surface area contributed by atoms with Crippen LogP contribution < -0.4 is 0 Å². The second kappa shape index (κ2) is 9.80. The maximum atomic E-state index is 13.9. The fourth-order valence-corrected chi connectivity index (χ4v) is 2.46. The molecule has 0 aliphatic carbocycles. The molecule has 0 atom stereocenters. The van der Waals surface area contributed by atoms with Gasteiger partial charge in [0.1, 0.15) is 5.82 Å². The zero-order valence-electron chi connectivity index (χ0n) is 15.3. The number of carbonyl (C=O) groups excluding carboxylic acids is 1. The van der Waals surface area contributed by atoms with E-state index in [4.69, 9.17) is 14.6 Å². The highest BCUT2D eigenvalue weighted by Crippen LogP contribution is 2.15. The first kappa shape index (κ1) is 20.5. The van der Waals surface area contributed by atoms with E-state index in [-0.39, 0.29) is 18.1 Å². The standard InChI is InChI=1S/C20H22FNO5/c1-22(12-14-3-5-15(6-4-14)20(24)25)19(23)16-7-8-18(21)17(11-16)13-27-10-9-26-2/h3-8,11H,9-10,12-13H2,1-2H3,(H,24,25). The Morgan fingerprint density at radius 1 is 1.07 bits per heavy atom. The first-order valence-corrected chi connectivity index (χ1v) is 8.35. The van der Waals surface area contributed by atoms with Gasteiger partial charge in [-0.25, -0.2) is 9.18 Å². The molecule has 144 valence electrons. The molecule has 0 aliphatic rings. The molecule has 0 heterocycles. The summed E-state index contributed by atoms with van der Waals surface area (Å²) in [4.78, 5) is 25.0. The molecule has 0 spiro atoms. The van der Waals surface area contributed by atoms with Crippen LogP contribution in [0.15, 0.2) is 42.5 Å². The molecule has 0 fully saturated rings. The van der Waals surface area contributed by atoms with Crippen LogP contribution in [0.1, 0.15) is 31.8 Å². The maximum absolute atomic E-state index is 13.9. The Morgan fingerprint density at radius 3 is 2.37 bits per heavy atom. The summed E-state index contributed by atoms with van der Waals surface area (Å²) in [5.41, 5.74) is 1.63. The Kier molecular flexibility index (Phi) is 7.45. The molecule has 0 radical (unpaired) electrons. The van der Waals surface area contributed by atoms with Gasteiger partial charge in [0, 0.05) is 31.8 Å². The van der Waals surface area contributed by atoms with E-state index in [0.717, 1.165) is 5.56 Å². The van der Waals surface area contributed by atoms with Gasteiger partial charge in [-0.05, 0) is 35.9 Å². The van der Waals surface area contributed by atoms with Gasteiger partial charge in [0.05, 0.1) is 25.4 Å². The lowest BCUT2D eigenvalue weighted by molar-refractivity contribution is 0.0603. The Hall–Kier alpha value is -2.77. The highest BCUT2D eigenvalue weighted by atomic mass is 19.1. The number of carbonyl (C=O) groups is 2. The highest BCUT2D eigenvalue weighted by Gasteiger charge is 2.15. The van der Waals surface area contributed by atoms with Crippen LogP contribution in [0.3, 0.4) is 0 Å². The number of ether oxygens (including phenoxy) is 2. The van der Waals surface area contributed by atoms with E-state index < -0.39 is 11.8 Å². The number of carboxylic acid groups (broad SMARTS) is 1. The van der Waals surface area contributed by atoms with Crippen molar-refractivity contribution in [3.63, 3.8) is 0 Å². The summed E-state index contributed by atoms with van der Waals surface area (Å²) < 4.78 is 24.1. The van der Waals surface area contributed by atoms with Crippen LogP contribution in [0.5, 0.6) is 0 Å². The summed E-state index contributed by atoms with van der Waals surface area (Å²) in [6.07, 6.45) is 0. The Bertz CT molecular complexity index is 791. The van der Waals surface area contributed by atoms with Crippen LogP contribution in [0, 0.1) is 5.82 Å². The first-order valence-electron chi connectivity index (χ1n) is 8.35. The Labute approximate surface area is 157 Å². The normalized spacial score (nSPS) is 10.6. The molecule has 2 aromatic rings. The van der Waals surface area contributed by atoms with Gasteiger partial charge in [-0.3, -0.25) is 4.79 Å². The van der Waals surface area contributed by atoms with Gasteiger partial charge in [0.25, 0.3) is 5.91 Å². The van der Waals surface area contributed by atoms with Gasteiger partial charge in [0.15, 0.2) is 0 Å². The monoisotopic (exact) mass is 375 g/mol. The molecule has 0 aliphatic heterocycles. The summed E-state index contributed by atoms with van der Waals surface area (Å²) in [6, 6.07) is 10.5. The summed E-state index contributed by atoms with van der Waals surface area (Å²) >= 11 is 0. The highest BCUT2D eigenvalue weighted by molar-refractivity contribution is 5.94. The van der Waals surface area contributed by atoms with Gasteiger partial charge in [0.2, 0.25) is 0 Å². The minimum Gasteiger partial charge on any atom is -0.478 e. The molecule has 0 bridgehead atoms. The van der Waals surface area contributed by atoms with Crippen molar-refractivity contribution in [2.24, 2.45) is 0 Å². The fourth-order valence-electron chi connectivity index (χ4n) is 2.46. The van der Waals surface area contributed by atoms with E-state index in [9.17, 15) is 14.0 Å². The van der Waals surface area contributed by atoms with Crippen molar-refractivity contribution >= 4 is 11.9 Å². The molecule has 1 amide bonds. The quantitative estimate of drug-likeness (QED) is 0.682. The van der Waals surface area contributed by atoms with Crippen LogP contribution >= 0.6 is 0 Å². The third-order valence-electron chi connectivity index (χ3n) is 3.95. The number of carboxylic acids is 1. The van der Waals surface area contributed by atoms with Crippen molar-refractivity contribution in [1.82, 2.24) is 4.90 Å². The number of rotatable bonds is 9. The summed E-state index contributed by atoms with van der Waals surface area (Å²) in [7, 11) is 3.18. The van der Waals surface area contributed by atoms with E-state index in [1.165, 1.54) is 35.2 Å². The van der Waals surface area contributed by atoms with Gasteiger partial charge < -0.3 is 19.5 Å². The van der Waals surface area contributed by atoms with E-state index in [1.54, 1.807) is 26.3 Å². The van der Waals surface area contributed by atoms with Crippen LogP contribution in [-0.4, -0.2) is 49.3 Å². The van der Waals surface area contributed by atoms with Gasteiger partial charge in [-0.2, -0.15) is 0 Å². The second-order valence-corrected chi connectivity index (χ2v) is 6.01. The summed E-state index contributed by atoms with van der Waals surface area (Å²) in [6.45, 7) is 1.09. The lowest BCUT2D eigenvalue weighted by atomic mass is 10.1. The third kappa shape index (κ3) is 5.87. The molecule has 1 N–H and O–H groups in total. The van der Waals surface area contributed by atoms with Crippen LogP contribution in [0.2, 0.25) is 0 Å². The van der Waals surface area contributed by atoms with Crippen molar-refractivity contribution in [2.45, 2.75) is 13.2 Å². The number of amides is 1. The third-order valence-corrected chi connectivity index (χ3v) is 3.95. The van der Waals surface area contributed by atoms with Gasteiger partial charge in [-0.1, -0.05) is 12.1 Å². The summed E-state index contributed by atoms with van der Waals surface area (Å²) in [5, 5.41) is 8.92. The second-order valence-electron chi connectivity index (χ2n) is 6.01. The zero-order chi connectivity index (χ0) is 19.8. The minimum atomic E-state index is -1.00. The molecule has 6 nitrogen and oxygen atoms in total. The number of halogens is 1. The van der Waals surface area contributed by atoms with Crippen molar-refractivity contribution < 1.29 is 28.6 Å². The average Bonchev–Trinajstić information content (AvgIpc) is 2.66. The maximum Gasteiger partial charge on any atom is 0.335 e. The Morgan fingerprint density at radius 2 is 1.74 bits per heavy atom. The SMILES string of the molecule is COCCOCc1cc(C(=O)N(C)Cc2ccc(C(=O)O)cc2)ccc1F. The predicted molar refractivity (Wildman–Crippen MR) is 97.1 cm³/mol. The number of hydrogen-bond acceptors (Lipinski definition) is 4. The predicted octanol–water partition coefficient (Wildman–Crippen LogP) is 2.96. The van der Waals surface area contributed by atoms with Gasteiger partial charge in [-0.15, -0.1) is 0 Å².